The number of hydrogen-bond donors (Lipinski definition) is 1. The predicted molar refractivity (Wildman–Crippen MR) is 81.4 cm³/mol. The maximum Gasteiger partial charge on any atom is 0.304 e. The summed E-state index contributed by atoms with van der Waals surface area (Å²) in [5.74, 6) is -0.984. The van der Waals surface area contributed by atoms with Crippen LogP contribution in [0.25, 0.3) is 0 Å². The average molecular weight is 332 g/mol. The standard InChI is InChI=1S/C13H20N2O4S2/c1-8(13-9(2)20-10(3)14-13)15-4-5-21(18,19)7-11(15)6-12(16)17/h8,11H,4-7H2,1-3H3,(H,16,17). The normalized spacial score (nSPS) is 23.9. The maximum absolute atomic E-state index is 11.8. The van der Waals surface area contributed by atoms with Gasteiger partial charge in [-0.05, 0) is 20.8 Å². The Bertz CT molecular complexity index is 639. The van der Waals surface area contributed by atoms with E-state index >= 15 is 0 Å². The summed E-state index contributed by atoms with van der Waals surface area (Å²) in [6.07, 6.45) is -0.161. The Morgan fingerprint density at radius 2 is 2.19 bits per heavy atom. The second-order valence-electron chi connectivity index (χ2n) is 5.45. The summed E-state index contributed by atoms with van der Waals surface area (Å²) >= 11 is 1.60. The Morgan fingerprint density at radius 1 is 1.52 bits per heavy atom. The highest BCUT2D eigenvalue weighted by atomic mass is 32.2. The number of carboxylic acid groups (broad SMARTS) is 1. The van der Waals surface area contributed by atoms with Crippen LogP contribution in [-0.4, -0.2) is 53.5 Å². The molecule has 0 amide bonds. The number of aromatic nitrogens is 1. The Labute approximate surface area is 128 Å². The van der Waals surface area contributed by atoms with Crippen molar-refractivity contribution in [3.63, 3.8) is 0 Å². The van der Waals surface area contributed by atoms with Crippen molar-refractivity contribution >= 4 is 27.1 Å². The van der Waals surface area contributed by atoms with Crippen molar-refractivity contribution in [1.29, 1.82) is 0 Å². The minimum atomic E-state index is -3.15. The fraction of sp³-hybridized carbons (Fsp3) is 0.692. The molecule has 1 N–H and O–H groups in total. The van der Waals surface area contributed by atoms with E-state index in [0.717, 1.165) is 15.6 Å². The van der Waals surface area contributed by atoms with E-state index in [0.29, 0.717) is 6.54 Å². The molecule has 0 radical (unpaired) electrons. The van der Waals surface area contributed by atoms with Gasteiger partial charge in [-0.1, -0.05) is 0 Å². The van der Waals surface area contributed by atoms with Gasteiger partial charge in [-0.15, -0.1) is 11.3 Å². The van der Waals surface area contributed by atoms with Gasteiger partial charge in [0.1, 0.15) is 0 Å². The molecule has 1 fully saturated rings. The lowest BCUT2D eigenvalue weighted by Crippen LogP contribution is -2.50. The molecule has 1 aliphatic rings. The van der Waals surface area contributed by atoms with Gasteiger partial charge in [-0.2, -0.15) is 0 Å². The minimum Gasteiger partial charge on any atom is -0.481 e. The predicted octanol–water partition coefficient (Wildman–Crippen LogP) is 1.39. The van der Waals surface area contributed by atoms with E-state index in [9.17, 15) is 13.2 Å². The highest BCUT2D eigenvalue weighted by Crippen LogP contribution is 2.30. The first-order valence-electron chi connectivity index (χ1n) is 6.81. The van der Waals surface area contributed by atoms with Crippen LogP contribution in [0.1, 0.15) is 35.0 Å². The van der Waals surface area contributed by atoms with Crippen LogP contribution in [0.2, 0.25) is 0 Å². The zero-order valence-electron chi connectivity index (χ0n) is 12.4. The Morgan fingerprint density at radius 3 is 2.71 bits per heavy atom. The summed E-state index contributed by atoms with van der Waals surface area (Å²) < 4.78 is 23.6. The van der Waals surface area contributed by atoms with E-state index in [2.05, 4.69) is 4.98 Å². The number of carbonyl (C=O) groups is 1. The summed E-state index contributed by atoms with van der Waals surface area (Å²) in [6, 6.07) is -0.563. The first kappa shape index (κ1) is 16.4. The van der Waals surface area contributed by atoms with Crippen LogP contribution in [0.4, 0.5) is 0 Å². The molecule has 1 saturated heterocycles. The summed E-state index contributed by atoms with van der Waals surface area (Å²) in [5, 5.41) is 10.00. The molecule has 118 valence electrons. The Hall–Kier alpha value is -0.990. The lowest BCUT2D eigenvalue weighted by atomic mass is 10.1. The third-order valence-electron chi connectivity index (χ3n) is 3.82. The Kier molecular flexibility index (Phi) is 4.69. The lowest BCUT2D eigenvalue weighted by molar-refractivity contribution is -0.138. The largest absolute Gasteiger partial charge is 0.481 e. The zero-order chi connectivity index (χ0) is 15.8. The van der Waals surface area contributed by atoms with Crippen molar-refractivity contribution in [3.8, 4) is 0 Å². The van der Waals surface area contributed by atoms with Crippen molar-refractivity contribution in [1.82, 2.24) is 9.88 Å². The van der Waals surface area contributed by atoms with Crippen LogP contribution in [0, 0.1) is 13.8 Å². The molecule has 0 bridgehead atoms. The topological polar surface area (TPSA) is 87.6 Å². The van der Waals surface area contributed by atoms with Gasteiger partial charge in [0.25, 0.3) is 0 Å². The van der Waals surface area contributed by atoms with Gasteiger partial charge in [0.05, 0.1) is 34.7 Å². The third-order valence-corrected chi connectivity index (χ3v) is 6.42. The van der Waals surface area contributed by atoms with Crippen molar-refractivity contribution in [2.24, 2.45) is 0 Å². The molecule has 0 aliphatic carbocycles. The molecule has 1 aliphatic heterocycles. The first-order chi connectivity index (χ1) is 9.69. The molecular weight excluding hydrogens is 312 g/mol. The summed E-state index contributed by atoms with van der Waals surface area (Å²) in [7, 11) is -3.15. The van der Waals surface area contributed by atoms with Gasteiger partial charge >= 0.3 is 5.97 Å². The number of nitrogens with zero attached hydrogens (tertiary/aromatic N) is 2. The quantitative estimate of drug-likeness (QED) is 0.896. The van der Waals surface area contributed by atoms with Gasteiger partial charge in [0.2, 0.25) is 0 Å². The highest BCUT2D eigenvalue weighted by molar-refractivity contribution is 7.91. The van der Waals surface area contributed by atoms with Gasteiger partial charge < -0.3 is 5.11 Å². The molecule has 1 aromatic rings. The van der Waals surface area contributed by atoms with Crippen LogP contribution >= 0.6 is 11.3 Å². The number of rotatable bonds is 4. The summed E-state index contributed by atoms with van der Waals surface area (Å²) in [6.45, 7) is 6.25. The minimum absolute atomic E-state index is 0.0743. The maximum atomic E-state index is 11.8. The average Bonchev–Trinajstić information content (AvgIpc) is 2.66. The fourth-order valence-corrected chi connectivity index (χ4v) is 5.34. The second-order valence-corrected chi connectivity index (χ2v) is 9.09. The van der Waals surface area contributed by atoms with E-state index in [-0.39, 0.29) is 24.0 Å². The van der Waals surface area contributed by atoms with Crippen LogP contribution in [-0.2, 0) is 14.6 Å². The van der Waals surface area contributed by atoms with E-state index in [4.69, 9.17) is 5.11 Å². The fourth-order valence-electron chi connectivity index (χ4n) is 2.88. The zero-order valence-corrected chi connectivity index (χ0v) is 14.0. The van der Waals surface area contributed by atoms with E-state index in [1.54, 1.807) is 11.3 Å². The first-order valence-corrected chi connectivity index (χ1v) is 9.45. The number of aryl methyl sites for hydroxylation is 2. The van der Waals surface area contributed by atoms with Crippen LogP contribution in [0.5, 0.6) is 0 Å². The molecule has 2 rings (SSSR count). The molecule has 8 heteroatoms. The van der Waals surface area contributed by atoms with Crippen molar-refractivity contribution < 1.29 is 18.3 Å². The van der Waals surface area contributed by atoms with Crippen molar-refractivity contribution in [2.75, 3.05) is 18.1 Å². The summed E-state index contributed by atoms with van der Waals surface area (Å²) in [4.78, 5) is 18.6. The van der Waals surface area contributed by atoms with E-state index in [1.807, 2.05) is 25.7 Å². The number of hydrogen-bond acceptors (Lipinski definition) is 6. The molecule has 1 aromatic heterocycles. The molecule has 2 unspecified atom stereocenters. The summed E-state index contributed by atoms with van der Waals surface area (Å²) in [5.41, 5.74) is 0.923. The Balaban J connectivity index is 2.26. The molecular formula is C13H20N2O4S2. The van der Waals surface area contributed by atoms with E-state index in [1.165, 1.54) is 0 Å². The third kappa shape index (κ3) is 3.81. The van der Waals surface area contributed by atoms with E-state index < -0.39 is 21.8 Å². The highest BCUT2D eigenvalue weighted by Gasteiger charge is 2.36. The van der Waals surface area contributed by atoms with Crippen molar-refractivity contribution in [2.45, 2.75) is 39.3 Å². The molecule has 0 saturated carbocycles. The number of aliphatic carboxylic acids is 1. The number of thiazole rings is 1. The molecule has 0 aromatic carbocycles. The number of sulfone groups is 1. The molecule has 0 spiro atoms. The monoisotopic (exact) mass is 332 g/mol. The van der Waals surface area contributed by atoms with Crippen LogP contribution in [0.3, 0.4) is 0 Å². The molecule has 2 heterocycles. The molecule has 6 nitrogen and oxygen atoms in total. The molecule has 2 atom stereocenters. The van der Waals surface area contributed by atoms with Gasteiger partial charge in [0, 0.05) is 17.5 Å². The smallest absolute Gasteiger partial charge is 0.304 e. The van der Waals surface area contributed by atoms with Crippen LogP contribution < -0.4 is 0 Å². The number of carboxylic acids is 1. The lowest BCUT2D eigenvalue weighted by Gasteiger charge is -2.38. The van der Waals surface area contributed by atoms with Gasteiger partial charge in [0.15, 0.2) is 9.84 Å². The van der Waals surface area contributed by atoms with Crippen molar-refractivity contribution in [3.05, 3.63) is 15.6 Å². The van der Waals surface area contributed by atoms with Crippen LogP contribution in [0.15, 0.2) is 0 Å². The molecule has 21 heavy (non-hydrogen) atoms. The van der Waals surface area contributed by atoms with Gasteiger partial charge in [-0.3, -0.25) is 9.69 Å². The SMILES string of the molecule is Cc1nc(C(C)N2CCS(=O)(=O)CC2CC(=O)O)c(C)s1. The second kappa shape index (κ2) is 6.02. The van der Waals surface area contributed by atoms with Gasteiger partial charge in [-0.25, -0.2) is 13.4 Å².